The van der Waals surface area contributed by atoms with E-state index in [-0.39, 0.29) is 24.3 Å². The molecule has 34 heavy (non-hydrogen) atoms. The summed E-state index contributed by atoms with van der Waals surface area (Å²) in [5.74, 6) is 6.60. The summed E-state index contributed by atoms with van der Waals surface area (Å²) in [5.41, 5.74) is 1.11. The van der Waals surface area contributed by atoms with Gasteiger partial charge < -0.3 is 20.3 Å². The molecule has 3 rings (SSSR count). The number of anilines is 3. The monoisotopic (exact) mass is 501 g/mol. The first-order chi connectivity index (χ1) is 16.0. The minimum absolute atomic E-state index is 0.129. The lowest BCUT2D eigenvalue weighted by Gasteiger charge is -2.27. The van der Waals surface area contributed by atoms with Gasteiger partial charge in [0.25, 0.3) is 0 Å². The summed E-state index contributed by atoms with van der Waals surface area (Å²) < 4.78 is 44.5. The molecule has 1 fully saturated rings. The van der Waals surface area contributed by atoms with Gasteiger partial charge in [-0.3, -0.25) is 9.80 Å². The van der Waals surface area contributed by atoms with Crippen molar-refractivity contribution in [2.24, 2.45) is 5.84 Å². The van der Waals surface area contributed by atoms with Crippen molar-refractivity contribution in [2.75, 3.05) is 35.4 Å². The van der Waals surface area contributed by atoms with Gasteiger partial charge >= 0.3 is 12.2 Å². The van der Waals surface area contributed by atoms with Crippen LogP contribution in [0.5, 0.6) is 6.01 Å². The summed E-state index contributed by atoms with van der Waals surface area (Å²) in [6.45, 7) is 3.36. The maximum Gasteiger partial charge on any atom is 0.425 e. The third-order valence-corrected chi connectivity index (χ3v) is 5.68. The summed E-state index contributed by atoms with van der Waals surface area (Å²) in [6.07, 6.45) is -6.09. The average Bonchev–Trinajstić information content (AvgIpc) is 3.21. The van der Waals surface area contributed by atoms with Gasteiger partial charge in [0.15, 0.2) is 17.7 Å². The van der Waals surface area contributed by atoms with E-state index in [1.54, 1.807) is 31.3 Å². The van der Waals surface area contributed by atoms with Gasteiger partial charge in [-0.05, 0) is 25.0 Å². The summed E-state index contributed by atoms with van der Waals surface area (Å²) in [5, 5.41) is 7.60. The maximum atomic E-state index is 13.2. The third kappa shape index (κ3) is 6.11. The number of halogens is 4. The second-order valence-electron chi connectivity index (χ2n) is 7.93. The lowest BCUT2D eigenvalue weighted by molar-refractivity contribution is -0.190. The van der Waals surface area contributed by atoms with Gasteiger partial charge in [0.05, 0.1) is 6.54 Å². The number of carbonyl (C=O) groups excluding carboxylic acids is 1. The van der Waals surface area contributed by atoms with Crippen molar-refractivity contribution in [1.82, 2.24) is 15.3 Å². The third-order valence-electron chi connectivity index (χ3n) is 5.31. The number of aromatic nitrogens is 2. The number of amides is 1. The number of hydrogen-bond acceptors (Lipinski definition) is 8. The van der Waals surface area contributed by atoms with Gasteiger partial charge in [0, 0.05) is 38.1 Å². The zero-order chi connectivity index (χ0) is 25.0. The minimum Gasteiger partial charge on any atom is -0.451 e. The van der Waals surface area contributed by atoms with E-state index in [4.69, 9.17) is 22.2 Å². The Labute approximate surface area is 200 Å². The molecule has 9 nitrogen and oxygen atoms in total. The molecule has 1 aromatic carbocycles. The van der Waals surface area contributed by atoms with Crippen LogP contribution >= 0.6 is 11.6 Å². The van der Waals surface area contributed by atoms with Crippen molar-refractivity contribution < 1.29 is 22.7 Å². The number of ether oxygens (including phenoxy) is 1. The van der Waals surface area contributed by atoms with E-state index in [1.807, 2.05) is 4.90 Å². The highest BCUT2D eigenvalue weighted by Crippen LogP contribution is 2.37. The molecule has 4 N–H and O–H groups in total. The molecule has 1 aliphatic heterocycles. The van der Waals surface area contributed by atoms with Gasteiger partial charge in [0.1, 0.15) is 5.69 Å². The van der Waals surface area contributed by atoms with Crippen LogP contribution in [0.15, 0.2) is 24.3 Å². The van der Waals surface area contributed by atoms with Crippen molar-refractivity contribution in [3.63, 3.8) is 0 Å². The molecule has 0 spiro atoms. The van der Waals surface area contributed by atoms with E-state index in [9.17, 15) is 18.0 Å². The Morgan fingerprint density at radius 1 is 1.38 bits per heavy atom. The first-order valence-corrected chi connectivity index (χ1v) is 11.0. The smallest absolute Gasteiger partial charge is 0.425 e. The van der Waals surface area contributed by atoms with E-state index >= 15 is 0 Å². The van der Waals surface area contributed by atoms with Gasteiger partial charge in [-0.25, -0.2) is 5.84 Å². The number of rotatable bonds is 8. The van der Waals surface area contributed by atoms with Crippen molar-refractivity contribution >= 4 is 34.8 Å². The molecule has 2 heterocycles. The number of nitrogens with one attached hydrogen (secondary N) is 2. The number of nitrogens with two attached hydrogens (primary N) is 1. The number of benzene rings is 1. The molecule has 1 amide bonds. The summed E-state index contributed by atoms with van der Waals surface area (Å²) in [7, 11) is 1.63. The topological polar surface area (TPSA) is 109 Å². The normalized spacial score (nSPS) is 16.8. The number of hydrazine groups is 1. The largest absolute Gasteiger partial charge is 0.451 e. The number of carbonyl (C=O) groups is 1. The highest BCUT2D eigenvalue weighted by molar-refractivity contribution is 6.31. The SMILES string of the molecule is CNc1c(N(N)Cc2ccccc2Cl)nc(O[C@@H](C)C(F)(F)F)nc1N1CC[C@H](NC(C)=O)C1. The van der Waals surface area contributed by atoms with Gasteiger partial charge in [0.2, 0.25) is 5.91 Å². The molecule has 2 aromatic rings. The fraction of sp³-hybridized carbons (Fsp3) is 0.476. The average molecular weight is 502 g/mol. The Morgan fingerprint density at radius 3 is 2.71 bits per heavy atom. The van der Waals surface area contributed by atoms with Crippen molar-refractivity contribution in [3.8, 4) is 6.01 Å². The Balaban J connectivity index is 2.00. The number of alkyl halides is 3. The minimum atomic E-state index is -4.60. The van der Waals surface area contributed by atoms with Crippen LogP contribution in [-0.4, -0.2) is 54.3 Å². The molecular weight excluding hydrogens is 475 g/mol. The van der Waals surface area contributed by atoms with Gasteiger partial charge in [-0.15, -0.1) is 0 Å². The predicted octanol–water partition coefficient (Wildman–Crippen LogP) is 3.10. The van der Waals surface area contributed by atoms with Crippen LogP contribution in [0.1, 0.15) is 25.8 Å². The summed E-state index contributed by atoms with van der Waals surface area (Å²) in [4.78, 5) is 21.7. The van der Waals surface area contributed by atoms with Gasteiger partial charge in [-0.2, -0.15) is 23.1 Å². The van der Waals surface area contributed by atoms with Crippen LogP contribution in [0.4, 0.5) is 30.5 Å². The van der Waals surface area contributed by atoms with Crippen LogP contribution in [0.3, 0.4) is 0 Å². The van der Waals surface area contributed by atoms with E-state index in [2.05, 4.69) is 20.6 Å². The molecule has 1 saturated heterocycles. The molecule has 186 valence electrons. The Hall–Kier alpha value is -2.99. The standard InChI is InChI=1S/C21H27ClF3N7O2/c1-12(21(23,24)25)34-20-29-18(31-9-8-15(11-31)28-13(2)33)17(27-3)19(30-20)32(26)10-14-6-4-5-7-16(14)22/h4-7,12,15,27H,8-11,26H2,1-3H3,(H,28,33)/t12-,15-/m0/s1. The number of nitrogens with zero attached hydrogens (tertiary/aromatic N) is 4. The molecule has 0 bridgehead atoms. The molecule has 0 unspecified atom stereocenters. The zero-order valence-electron chi connectivity index (χ0n) is 19.0. The van der Waals surface area contributed by atoms with Crippen LogP contribution in [0.2, 0.25) is 5.02 Å². The second-order valence-corrected chi connectivity index (χ2v) is 8.34. The summed E-state index contributed by atoms with van der Waals surface area (Å²) >= 11 is 6.25. The maximum absolute atomic E-state index is 13.2. The first kappa shape index (κ1) is 25.6. The highest BCUT2D eigenvalue weighted by Gasteiger charge is 2.39. The van der Waals surface area contributed by atoms with Crippen LogP contribution in [0.25, 0.3) is 0 Å². The fourth-order valence-corrected chi connectivity index (χ4v) is 3.79. The van der Waals surface area contributed by atoms with E-state index in [0.29, 0.717) is 41.6 Å². The summed E-state index contributed by atoms with van der Waals surface area (Å²) in [6, 6.07) is 6.47. The van der Waals surface area contributed by atoms with Crippen LogP contribution in [-0.2, 0) is 11.3 Å². The van der Waals surface area contributed by atoms with E-state index in [1.165, 1.54) is 11.9 Å². The molecule has 2 atom stereocenters. The first-order valence-electron chi connectivity index (χ1n) is 10.6. The van der Waals surface area contributed by atoms with Crippen LogP contribution < -0.4 is 31.1 Å². The number of hydrogen-bond donors (Lipinski definition) is 3. The molecule has 1 aliphatic rings. The second kappa shape index (κ2) is 10.5. The highest BCUT2D eigenvalue weighted by atomic mass is 35.5. The fourth-order valence-electron chi connectivity index (χ4n) is 3.60. The molecule has 1 aromatic heterocycles. The molecule has 0 saturated carbocycles. The van der Waals surface area contributed by atoms with E-state index in [0.717, 1.165) is 6.92 Å². The molecule has 13 heteroatoms. The van der Waals surface area contributed by atoms with Crippen molar-refractivity contribution in [2.45, 2.75) is 45.1 Å². The van der Waals surface area contributed by atoms with Crippen LogP contribution in [0, 0.1) is 0 Å². The Morgan fingerprint density at radius 2 is 2.09 bits per heavy atom. The van der Waals surface area contributed by atoms with Gasteiger partial charge in [-0.1, -0.05) is 29.8 Å². The lowest BCUT2D eigenvalue weighted by atomic mass is 10.2. The molecule has 0 aliphatic carbocycles. The Bertz CT molecular complexity index is 1020. The quantitative estimate of drug-likeness (QED) is 0.374. The van der Waals surface area contributed by atoms with Crippen molar-refractivity contribution in [3.05, 3.63) is 34.9 Å². The zero-order valence-corrected chi connectivity index (χ0v) is 19.7. The molecular formula is C21H27ClF3N7O2. The lowest BCUT2D eigenvalue weighted by Crippen LogP contribution is -2.37. The Kier molecular flexibility index (Phi) is 7.93. The van der Waals surface area contributed by atoms with Crippen molar-refractivity contribution in [1.29, 1.82) is 0 Å². The predicted molar refractivity (Wildman–Crippen MR) is 124 cm³/mol. The van der Waals surface area contributed by atoms with E-state index < -0.39 is 18.3 Å². The molecule has 0 radical (unpaired) electrons.